The number of esters is 1. The summed E-state index contributed by atoms with van der Waals surface area (Å²) in [4.78, 5) is 29.0. The van der Waals surface area contributed by atoms with E-state index >= 15 is 0 Å². The number of carbonyl (C=O) groups is 2. The summed E-state index contributed by atoms with van der Waals surface area (Å²) in [5.74, 6) is -0.465. The van der Waals surface area contributed by atoms with Gasteiger partial charge in [0, 0.05) is 24.2 Å². The highest BCUT2D eigenvalue weighted by molar-refractivity contribution is 7.11. The molecule has 0 radical (unpaired) electrons. The van der Waals surface area contributed by atoms with Crippen molar-refractivity contribution >= 4 is 23.2 Å². The fourth-order valence-corrected chi connectivity index (χ4v) is 3.55. The second-order valence-corrected chi connectivity index (χ2v) is 7.26. The van der Waals surface area contributed by atoms with E-state index in [4.69, 9.17) is 4.74 Å². The molecule has 0 aliphatic rings. The molecule has 0 aromatic carbocycles. The molecule has 2 aromatic rings. The first-order valence-electron chi connectivity index (χ1n) is 9.64. The van der Waals surface area contributed by atoms with Crippen molar-refractivity contribution in [3.05, 3.63) is 27.7 Å². The number of ether oxygens (including phenoxy) is 1. The summed E-state index contributed by atoms with van der Waals surface area (Å²) in [6, 6.07) is 1.89. The van der Waals surface area contributed by atoms with Crippen LogP contribution in [0.5, 0.6) is 0 Å². The Morgan fingerprint density at radius 3 is 2.63 bits per heavy atom. The van der Waals surface area contributed by atoms with E-state index in [-0.39, 0.29) is 5.91 Å². The van der Waals surface area contributed by atoms with Crippen LogP contribution in [0.25, 0.3) is 11.4 Å². The highest BCUT2D eigenvalue weighted by atomic mass is 32.1. The monoisotopic (exact) mass is 391 g/mol. The minimum Gasteiger partial charge on any atom is -0.461 e. The molecule has 7 heteroatoms. The molecule has 2 rings (SSSR count). The normalized spacial score (nSPS) is 10.8. The van der Waals surface area contributed by atoms with Gasteiger partial charge in [0.25, 0.3) is 5.91 Å². The van der Waals surface area contributed by atoms with Gasteiger partial charge in [0.15, 0.2) is 0 Å². The zero-order valence-corrected chi connectivity index (χ0v) is 17.4. The van der Waals surface area contributed by atoms with E-state index in [1.807, 2.05) is 18.4 Å². The summed E-state index contributed by atoms with van der Waals surface area (Å²) < 4.78 is 7.16. The Morgan fingerprint density at radius 1 is 1.22 bits per heavy atom. The van der Waals surface area contributed by atoms with Crippen molar-refractivity contribution in [1.29, 1.82) is 0 Å². The van der Waals surface area contributed by atoms with Gasteiger partial charge in [-0.3, -0.25) is 4.79 Å². The Kier molecular flexibility index (Phi) is 8.03. The third kappa shape index (κ3) is 5.19. The molecule has 0 atom stereocenters. The van der Waals surface area contributed by atoms with E-state index in [1.165, 1.54) is 11.3 Å². The number of rotatable bonds is 10. The van der Waals surface area contributed by atoms with Gasteiger partial charge >= 0.3 is 5.97 Å². The van der Waals surface area contributed by atoms with Gasteiger partial charge in [0.05, 0.1) is 23.6 Å². The van der Waals surface area contributed by atoms with Crippen molar-refractivity contribution in [2.24, 2.45) is 0 Å². The van der Waals surface area contributed by atoms with Crippen molar-refractivity contribution in [3.63, 3.8) is 0 Å². The number of nitrogens with zero attached hydrogens (tertiary/aromatic N) is 2. The summed E-state index contributed by atoms with van der Waals surface area (Å²) in [5, 5.41) is 5.17. The number of nitrogens with one attached hydrogen (secondary N) is 1. The molecule has 1 N–H and O–H groups in total. The zero-order valence-electron chi connectivity index (χ0n) is 16.6. The maximum Gasteiger partial charge on any atom is 0.367 e. The van der Waals surface area contributed by atoms with E-state index in [0.29, 0.717) is 29.4 Å². The topological polar surface area (TPSA) is 73.2 Å². The predicted octanol–water partition coefficient (Wildman–Crippen LogP) is 4.43. The van der Waals surface area contributed by atoms with Crippen LogP contribution in [0, 0.1) is 6.92 Å². The van der Waals surface area contributed by atoms with Gasteiger partial charge in [0.1, 0.15) is 0 Å². The first-order valence-corrected chi connectivity index (χ1v) is 10.5. The number of thiazole rings is 1. The number of amides is 1. The molecule has 0 saturated heterocycles. The van der Waals surface area contributed by atoms with E-state index in [0.717, 1.165) is 43.6 Å². The molecule has 2 aromatic heterocycles. The van der Waals surface area contributed by atoms with Crippen molar-refractivity contribution in [2.45, 2.75) is 59.9 Å². The second-order valence-electron chi connectivity index (χ2n) is 6.40. The molecule has 0 saturated carbocycles. The Balaban J connectivity index is 2.35. The quantitative estimate of drug-likeness (QED) is 0.480. The fraction of sp³-hybridized carbons (Fsp3) is 0.550. The SMILES string of the molecule is CCCCNC(=O)c1cc(-c2csc(C(=O)OCC)n2)n(CCCC)c1C. The summed E-state index contributed by atoms with van der Waals surface area (Å²) in [5.41, 5.74) is 3.17. The Bertz CT molecular complexity index is 780. The van der Waals surface area contributed by atoms with Crippen molar-refractivity contribution < 1.29 is 14.3 Å². The second kappa shape index (κ2) is 10.3. The first kappa shape index (κ1) is 21.2. The highest BCUT2D eigenvalue weighted by Crippen LogP contribution is 2.28. The molecule has 0 aliphatic carbocycles. The molecule has 27 heavy (non-hydrogen) atoms. The van der Waals surface area contributed by atoms with Crippen LogP contribution >= 0.6 is 11.3 Å². The Hall–Kier alpha value is -2.15. The van der Waals surface area contributed by atoms with E-state index in [9.17, 15) is 9.59 Å². The fourth-order valence-electron chi connectivity index (χ4n) is 2.84. The van der Waals surface area contributed by atoms with Gasteiger partial charge in [-0.1, -0.05) is 26.7 Å². The Labute approximate surface area is 164 Å². The lowest BCUT2D eigenvalue weighted by Gasteiger charge is -2.10. The lowest BCUT2D eigenvalue weighted by Crippen LogP contribution is -2.24. The van der Waals surface area contributed by atoms with Crippen LogP contribution in [-0.4, -0.2) is 34.6 Å². The van der Waals surface area contributed by atoms with Crippen molar-refractivity contribution in [3.8, 4) is 11.4 Å². The predicted molar refractivity (Wildman–Crippen MR) is 108 cm³/mol. The smallest absolute Gasteiger partial charge is 0.367 e. The number of hydrogen-bond acceptors (Lipinski definition) is 5. The van der Waals surface area contributed by atoms with Gasteiger partial charge in [-0.2, -0.15) is 0 Å². The molecule has 0 unspecified atom stereocenters. The average Bonchev–Trinajstić information content (AvgIpc) is 3.25. The molecule has 0 bridgehead atoms. The molecule has 6 nitrogen and oxygen atoms in total. The van der Waals surface area contributed by atoms with Crippen LogP contribution in [-0.2, 0) is 11.3 Å². The van der Waals surface area contributed by atoms with Crippen LogP contribution in [0.1, 0.15) is 72.3 Å². The van der Waals surface area contributed by atoms with Gasteiger partial charge in [-0.15, -0.1) is 11.3 Å². The van der Waals surface area contributed by atoms with Gasteiger partial charge in [-0.05, 0) is 32.8 Å². The largest absolute Gasteiger partial charge is 0.461 e. The van der Waals surface area contributed by atoms with Crippen LogP contribution in [0.15, 0.2) is 11.4 Å². The minimum atomic E-state index is -0.408. The molecule has 148 valence electrons. The van der Waals surface area contributed by atoms with Crippen molar-refractivity contribution in [2.75, 3.05) is 13.2 Å². The van der Waals surface area contributed by atoms with E-state index in [2.05, 4.69) is 28.7 Å². The summed E-state index contributed by atoms with van der Waals surface area (Å²) in [6.07, 6.45) is 4.06. The molecule has 1 amide bonds. The zero-order chi connectivity index (χ0) is 19.8. The third-order valence-electron chi connectivity index (χ3n) is 4.38. The first-order chi connectivity index (χ1) is 13.0. The summed E-state index contributed by atoms with van der Waals surface area (Å²) in [6.45, 7) is 9.78. The molecule has 0 spiro atoms. The van der Waals surface area contributed by atoms with Crippen LogP contribution in [0.4, 0.5) is 0 Å². The lowest BCUT2D eigenvalue weighted by molar-refractivity contribution is 0.0526. The number of hydrogen-bond donors (Lipinski definition) is 1. The lowest BCUT2D eigenvalue weighted by atomic mass is 10.2. The molecule has 2 heterocycles. The number of carbonyl (C=O) groups excluding carboxylic acids is 2. The maximum absolute atomic E-state index is 12.6. The van der Waals surface area contributed by atoms with Crippen LogP contribution in [0.2, 0.25) is 0 Å². The maximum atomic E-state index is 12.6. The van der Waals surface area contributed by atoms with Gasteiger partial charge < -0.3 is 14.6 Å². The molecular formula is C20H29N3O3S. The minimum absolute atomic E-state index is 0.0571. The Morgan fingerprint density at radius 2 is 1.96 bits per heavy atom. The number of aromatic nitrogens is 2. The average molecular weight is 392 g/mol. The van der Waals surface area contributed by atoms with Gasteiger partial charge in [0.2, 0.25) is 5.01 Å². The van der Waals surface area contributed by atoms with Crippen LogP contribution < -0.4 is 5.32 Å². The molecule has 0 aliphatic heterocycles. The van der Waals surface area contributed by atoms with Crippen LogP contribution in [0.3, 0.4) is 0 Å². The summed E-state index contributed by atoms with van der Waals surface area (Å²) >= 11 is 1.27. The summed E-state index contributed by atoms with van der Waals surface area (Å²) in [7, 11) is 0. The van der Waals surface area contributed by atoms with Crippen molar-refractivity contribution in [1.82, 2.24) is 14.9 Å². The highest BCUT2D eigenvalue weighted by Gasteiger charge is 2.21. The van der Waals surface area contributed by atoms with E-state index in [1.54, 1.807) is 6.92 Å². The molecular weight excluding hydrogens is 362 g/mol. The van der Waals surface area contributed by atoms with E-state index < -0.39 is 5.97 Å². The number of unbranched alkanes of at least 4 members (excludes halogenated alkanes) is 2. The molecule has 0 fully saturated rings. The van der Waals surface area contributed by atoms with Gasteiger partial charge in [-0.25, -0.2) is 9.78 Å². The standard InChI is InChI=1S/C20H29N3O3S/c1-5-8-10-21-18(24)15-12-17(23(14(15)4)11-9-6-2)16-13-27-19(22-16)20(25)26-7-3/h12-13H,5-11H2,1-4H3,(H,21,24). The third-order valence-corrected chi connectivity index (χ3v) is 5.20.